The van der Waals surface area contributed by atoms with E-state index in [-0.39, 0.29) is 30.3 Å². The molecule has 1 spiro atoms. The largest absolute Gasteiger partial charge is 0.490 e. The Balaban J connectivity index is 0.000000493. The molecule has 2 N–H and O–H groups in total. The van der Waals surface area contributed by atoms with Gasteiger partial charge in [-0.05, 0) is 36.3 Å². The summed E-state index contributed by atoms with van der Waals surface area (Å²) in [5.41, 5.74) is 0.832. The van der Waals surface area contributed by atoms with Crippen LogP contribution in [0.25, 0.3) is 0 Å². The SMILES string of the molecule is CC(C)CCN1CCC[C@]2(N[C@H](c3ccccc3)[C@@H]3C(=O)N(Cc4ccccc4)C(=O)[C@@H]32)C1=O.O=C(O)C(F)(F)F. The van der Waals surface area contributed by atoms with Crippen molar-refractivity contribution >= 4 is 23.7 Å². The molecule has 4 atom stereocenters. The molecule has 11 heteroatoms. The highest BCUT2D eigenvalue weighted by Gasteiger charge is 2.68. The smallest absolute Gasteiger partial charge is 0.475 e. The fourth-order valence-corrected chi connectivity index (χ4v) is 6.02. The lowest BCUT2D eigenvalue weighted by Gasteiger charge is -2.42. The van der Waals surface area contributed by atoms with Gasteiger partial charge in [0.25, 0.3) is 0 Å². The molecule has 3 amide bonds. The number of fused-ring (bicyclic) bond motifs is 2. The minimum atomic E-state index is -5.08. The monoisotopic (exact) mass is 573 g/mol. The second-order valence-corrected chi connectivity index (χ2v) is 11.1. The van der Waals surface area contributed by atoms with E-state index in [1.165, 1.54) is 4.90 Å². The molecule has 3 heterocycles. The number of nitrogens with zero attached hydrogens (tertiary/aromatic N) is 2. The molecule has 3 saturated heterocycles. The number of carboxylic acid groups (broad SMARTS) is 1. The van der Waals surface area contributed by atoms with Crippen LogP contribution in [-0.4, -0.2) is 63.4 Å². The van der Waals surface area contributed by atoms with Crippen LogP contribution in [0, 0.1) is 17.8 Å². The second kappa shape index (κ2) is 12.0. The number of carbonyl (C=O) groups excluding carboxylic acids is 3. The number of amides is 3. The molecule has 2 aromatic carbocycles. The van der Waals surface area contributed by atoms with Gasteiger partial charge >= 0.3 is 12.1 Å². The Kier molecular flexibility index (Phi) is 8.86. The Bertz CT molecular complexity index is 1270. The van der Waals surface area contributed by atoms with Crippen molar-refractivity contribution in [1.82, 2.24) is 15.1 Å². The molecule has 0 unspecified atom stereocenters. The van der Waals surface area contributed by atoms with E-state index in [0.717, 1.165) is 24.0 Å². The number of rotatable bonds is 6. The van der Waals surface area contributed by atoms with Crippen LogP contribution in [-0.2, 0) is 25.7 Å². The topological polar surface area (TPSA) is 107 Å². The van der Waals surface area contributed by atoms with Gasteiger partial charge in [-0.3, -0.25) is 24.6 Å². The molecule has 0 bridgehead atoms. The highest BCUT2D eigenvalue weighted by molar-refractivity contribution is 6.10. The van der Waals surface area contributed by atoms with Gasteiger partial charge in [-0.1, -0.05) is 74.5 Å². The van der Waals surface area contributed by atoms with E-state index in [2.05, 4.69) is 19.2 Å². The molecule has 3 aliphatic rings. The molecule has 41 heavy (non-hydrogen) atoms. The molecular formula is C30H34F3N3O5. The van der Waals surface area contributed by atoms with Crippen LogP contribution < -0.4 is 5.32 Å². The normalized spacial score (nSPS) is 25.9. The van der Waals surface area contributed by atoms with Gasteiger partial charge in [-0.2, -0.15) is 13.2 Å². The lowest BCUT2D eigenvalue weighted by atomic mass is 9.74. The highest BCUT2D eigenvalue weighted by Crippen LogP contribution is 2.52. The molecule has 0 aromatic heterocycles. The molecule has 0 saturated carbocycles. The van der Waals surface area contributed by atoms with E-state index in [9.17, 15) is 27.6 Å². The van der Waals surface area contributed by atoms with Crippen LogP contribution in [0.4, 0.5) is 13.2 Å². The minimum Gasteiger partial charge on any atom is -0.475 e. The van der Waals surface area contributed by atoms with Crippen LogP contribution in [0.5, 0.6) is 0 Å². The minimum absolute atomic E-state index is 0.0180. The van der Waals surface area contributed by atoms with E-state index in [1.807, 2.05) is 65.6 Å². The predicted octanol–water partition coefficient (Wildman–Crippen LogP) is 4.17. The molecule has 5 rings (SSSR count). The maximum Gasteiger partial charge on any atom is 0.490 e. The number of hydrogen-bond acceptors (Lipinski definition) is 5. The zero-order valence-corrected chi connectivity index (χ0v) is 22.9. The molecule has 2 aromatic rings. The van der Waals surface area contributed by atoms with E-state index < -0.39 is 29.5 Å². The first kappa shape index (κ1) is 30.2. The number of benzene rings is 2. The van der Waals surface area contributed by atoms with Crippen LogP contribution in [0.1, 0.15) is 50.3 Å². The zero-order valence-electron chi connectivity index (χ0n) is 22.9. The summed E-state index contributed by atoms with van der Waals surface area (Å²) in [6.07, 6.45) is -2.76. The Labute approximate surface area is 236 Å². The number of nitrogens with one attached hydrogen (secondary N) is 1. The maximum absolute atomic E-state index is 14.0. The number of imide groups is 1. The van der Waals surface area contributed by atoms with Gasteiger partial charge in [0.2, 0.25) is 17.7 Å². The molecule has 3 fully saturated rings. The maximum atomic E-state index is 14.0. The Morgan fingerprint density at radius 2 is 1.61 bits per heavy atom. The number of halogens is 3. The molecule has 3 aliphatic heterocycles. The van der Waals surface area contributed by atoms with Crippen molar-refractivity contribution in [2.75, 3.05) is 13.1 Å². The van der Waals surface area contributed by atoms with Crippen LogP contribution in [0.3, 0.4) is 0 Å². The van der Waals surface area contributed by atoms with Crippen molar-refractivity contribution in [3.05, 3.63) is 71.8 Å². The van der Waals surface area contributed by atoms with Gasteiger partial charge < -0.3 is 10.0 Å². The molecule has 220 valence electrons. The van der Waals surface area contributed by atoms with Crippen molar-refractivity contribution in [3.63, 3.8) is 0 Å². The fourth-order valence-electron chi connectivity index (χ4n) is 6.02. The van der Waals surface area contributed by atoms with Crippen LogP contribution in [0.15, 0.2) is 60.7 Å². The molecule has 0 radical (unpaired) electrons. The first-order valence-corrected chi connectivity index (χ1v) is 13.7. The van der Waals surface area contributed by atoms with E-state index in [0.29, 0.717) is 25.4 Å². The van der Waals surface area contributed by atoms with Crippen LogP contribution >= 0.6 is 0 Å². The van der Waals surface area contributed by atoms with Crippen LogP contribution in [0.2, 0.25) is 0 Å². The van der Waals surface area contributed by atoms with Crippen molar-refractivity contribution in [1.29, 1.82) is 0 Å². The summed E-state index contributed by atoms with van der Waals surface area (Å²) in [5.74, 6) is -3.94. The molecule has 0 aliphatic carbocycles. The fraction of sp³-hybridized carbons (Fsp3) is 0.467. The van der Waals surface area contributed by atoms with Crippen molar-refractivity contribution < 1.29 is 37.5 Å². The van der Waals surface area contributed by atoms with Gasteiger partial charge in [0.15, 0.2) is 0 Å². The average Bonchev–Trinajstić information content (AvgIpc) is 3.40. The van der Waals surface area contributed by atoms with Gasteiger partial charge in [0.05, 0.1) is 18.4 Å². The standard InChI is InChI=1S/C28H33N3O3.C2HF3O2/c1-19(2)14-17-30-16-9-15-28(27(30)34)23-22(24(29-28)21-12-7-4-8-13-21)25(32)31(26(23)33)18-20-10-5-3-6-11-20;3-2(4,5)1(6)7/h3-8,10-13,19,22-24,29H,9,14-18H2,1-2H3;(H,6,7)/t22-,23-,24-,28-;/m1./s1. The first-order chi connectivity index (χ1) is 19.4. The number of alkyl halides is 3. The summed E-state index contributed by atoms with van der Waals surface area (Å²) in [6, 6.07) is 19.0. The van der Waals surface area contributed by atoms with Gasteiger partial charge in [-0.15, -0.1) is 0 Å². The van der Waals surface area contributed by atoms with Crippen molar-refractivity contribution in [3.8, 4) is 0 Å². The Hall–Kier alpha value is -3.73. The quantitative estimate of drug-likeness (QED) is 0.503. The van der Waals surface area contributed by atoms with Gasteiger partial charge in [0, 0.05) is 19.1 Å². The first-order valence-electron chi connectivity index (χ1n) is 13.7. The van der Waals surface area contributed by atoms with Gasteiger partial charge in [-0.25, -0.2) is 4.79 Å². The highest BCUT2D eigenvalue weighted by atomic mass is 19.4. The summed E-state index contributed by atoms with van der Waals surface area (Å²) in [5, 5.41) is 10.7. The van der Waals surface area contributed by atoms with E-state index in [1.54, 1.807) is 0 Å². The second-order valence-electron chi connectivity index (χ2n) is 11.1. The summed E-state index contributed by atoms with van der Waals surface area (Å²) in [4.78, 5) is 53.8. The molecular weight excluding hydrogens is 539 g/mol. The van der Waals surface area contributed by atoms with Gasteiger partial charge in [0.1, 0.15) is 5.54 Å². The van der Waals surface area contributed by atoms with E-state index >= 15 is 0 Å². The zero-order chi connectivity index (χ0) is 29.9. The third-order valence-corrected chi connectivity index (χ3v) is 7.97. The summed E-state index contributed by atoms with van der Waals surface area (Å²) in [6.45, 7) is 5.94. The third kappa shape index (κ3) is 6.14. The predicted molar refractivity (Wildman–Crippen MR) is 143 cm³/mol. The Morgan fingerprint density at radius 3 is 2.17 bits per heavy atom. The lowest BCUT2D eigenvalue weighted by molar-refractivity contribution is -0.192. The number of likely N-dealkylation sites (tertiary alicyclic amines) is 2. The van der Waals surface area contributed by atoms with Crippen molar-refractivity contribution in [2.24, 2.45) is 17.8 Å². The molecule has 8 nitrogen and oxygen atoms in total. The number of carboxylic acids is 1. The number of carbonyl (C=O) groups is 4. The third-order valence-electron chi connectivity index (χ3n) is 7.97. The summed E-state index contributed by atoms with van der Waals surface area (Å²) < 4.78 is 31.7. The Morgan fingerprint density at radius 1 is 1.02 bits per heavy atom. The lowest BCUT2D eigenvalue weighted by Crippen LogP contribution is -2.63. The number of hydrogen-bond donors (Lipinski definition) is 2. The number of aliphatic carboxylic acids is 1. The summed E-state index contributed by atoms with van der Waals surface area (Å²) in [7, 11) is 0. The summed E-state index contributed by atoms with van der Waals surface area (Å²) >= 11 is 0. The number of piperidine rings is 1. The van der Waals surface area contributed by atoms with E-state index in [4.69, 9.17) is 9.90 Å². The van der Waals surface area contributed by atoms with Crippen molar-refractivity contribution in [2.45, 2.75) is 57.4 Å². The average molecular weight is 574 g/mol.